The molecule has 0 aliphatic carbocycles. The molecule has 0 unspecified atom stereocenters. The summed E-state index contributed by atoms with van der Waals surface area (Å²) in [5.41, 5.74) is 1.11. The molecule has 5 heteroatoms. The van der Waals surface area contributed by atoms with Crippen LogP contribution in [0.1, 0.15) is 15.9 Å². The minimum absolute atomic E-state index is 0.227. The Labute approximate surface area is 120 Å². The summed E-state index contributed by atoms with van der Waals surface area (Å²) in [5.74, 6) is -0.669. The van der Waals surface area contributed by atoms with Gasteiger partial charge in [-0.1, -0.05) is 35.3 Å². The van der Waals surface area contributed by atoms with Crippen molar-refractivity contribution in [2.45, 2.75) is 6.54 Å². The molecule has 0 radical (unpaired) electrons. The van der Waals surface area contributed by atoms with Gasteiger partial charge in [-0.15, -0.1) is 0 Å². The van der Waals surface area contributed by atoms with Gasteiger partial charge in [0.2, 0.25) is 0 Å². The van der Waals surface area contributed by atoms with Crippen LogP contribution in [0.3, 0.4) is 0 Å². The van der Waals surface area contributed by atoms with Gasteiger partial charge < -0.3 is 5.32 Å². The molecule has 0 aliphatic rings. The Bertz CT molecular complexity index is 616. The highest BCUT2D eigenvalue weighted by Crippen LogP contribution is 2.17. The zero-order valence-electron chi connectivity index (χ0n) is 9.79. The Morgan fingerprint density at radius 2 is 1.95 bits per heavy atom. The second kappa shape index (κ2) is 6.04. The van der Waals surface area contributed by atoms with E-state index in [1.54, 1.807) is 24.3 Å². The zero-order valence-corrected chi connectivity index (χ0v) is 11.3. The molecule has 2 aromatic rings. The summed E-state index contributed by atoms with van der Waals surface area (Å²) in [5, 5.41) is 3.48. The molecular formula is C14H10Cl2FNO. The number of nitrogens with one attached hydrogen (secondary N) is 1. The molecular weight excluding hydrogens is 288 g/mol. The van der Waals surface area contributed by atoms with E-state index in [0.29, 0.717) is 16.1 Å². The first-order chi connectivity index (χ1) is 9.06. The first kappa shape index (κ1) is 13.8. The van der Waals surface area contributed by atoms with Crippen LogP contribution in [0.25, 0.3) is 0 Å². The van der Waals surface area contributed by atoms with Gasteiger partial charge >= 0.3 is 0 Å². The lowest BCUT2D eigenvalue weighted by atomic mass is 10.2. The molecule has 0 bridgehead atoms. The van der Waals surface area contributed by atoms with Crippen LogP contribution in [0.4, 0.5) is 4.39 Å². The van der Waals surface area contributed by atoms with E-state index in [9.17, 15) is 9.18 Å². The molecule has 0 fully saturated rings. The minimum Gasteiger partial charge on any atom is -0.348 e. The third-order valence-electron chi connectivity index (χ3n) is 2.54. The maximum absolute atomic E-state index is 12.9. The van der Waals surface area contributed by atoms with Crippen molar-refractivity contribution in [3.05, 3.63) is 69.5 Å². The number of benzene rings is 2. The number of rotatable bonds is 3. The topological polar surface area (TPSA) is 29.1 Å². The number of carbonyl (C=O) groups is 1. The summed E-state index contributed by atoms with van der Waals surface area (Å²) in [7, 11) is 0. The molecule has 0 aliphatic heterocycles. The Morgan fingerprint density at radius 3 is 2.63 bits per heavy atom. The van der Waals surface area contributed by atoms with E-state index in [1.807, 2.05) is 0 Å². The van der Waals surface area contributed by atoms with Gasteiger partial charge in [0.15, 0.2) is 0 Å². The molecule has 0 atom stereocenters. The van der Waals surface area contributed by atoms with Gasteiger partial charge in [-0.3, -0.25) is 4.79 Å². The molecule has 1 amide bonds. The predicted molar refractivity (Wildman–Crippen MR) is 74.0 cm³/mol. The van der Waals surface area contributed by atoms with Crippen LogP contribution in [-0.4, -0.2) is 5.91 Å². The number of carbonyl (C=O) groups excluding carboxylic acids is 1. The lowest BCUT2D eigenvalue weighted by molar-refractivity contribution is 0.0951. The van der Waals surface area contributed by atoms with Crippen molar-refractivity contribution in [3.8, 4) is 0 Å². The average Bonchev–Trinajstić information content (AvgIpc) is 2.37. The molecule has 0 aromatic heterocycles. The standard InChI is InChI=1S/C14H10Cl2FNO/c15-11-3-1-2-9(6-11)14(19)18-8-10-4-5-12(17)7-13(10)16/h1-7H,8H2,(H,18,19). The summed E-state index contributed by atoms with van der Waals surface area (Å²) >= 11 is 11.7. The van der Waals surface area contributed by atoms with Gasteiger partial charge in [0.1, 0.15) is 5.82 Å². The molecule has 2 aromatic carbocycles. The van der Waals surface area contributed by atoms with Crippen LogP contribution in [-0.2, 0) is 6.54 Å². The lowest BCUT2D eigenvalue weighted by Crippen LogP contribution is -2.22. The maximum Gasteiger partial charge on any atom is 0.251 e. The highest BCUT2D eigenvalue weighted by atomic mass is 35.5. The Balaban J connectivity index is 2.04. The second-order valence-electron chi connectivity index (χ2n) is 3.93. The Morgan fingerprint density at radius 1 is 1.16 bits per heavy atom. The van der Waals surface area contributed by atoms with Gasteiger partial charge in [-0.25, -0.2) is 4.39 Å². The zero-order chi connectivity index (χ0) is 13.8. The molecule has 2 rings (SSSR count). The van der Waals surface area contributed by atoms with Crippen molar-refractivity contribution in [2.24, 2.45) is 0 Å². The number of amides is 1. The van der Waals surface area contributed by atoms with E-state index < -0.39 is 5.82 Å². The minimum atomic E-state index is -0.407. The number of hydrogen-bond donors (Lipinski definition) is 1. The smallest absolute Gasteiger partial charge is 0.251 e. The van der Waals surface area contributed by atoms with E-state index >= 15 is 0 Å². The predicted octanol–water partition coefficient (Wildman–Crippen LogP) is 4.06. The third-order valence-corrected chi connectivity index (χ3v) is 3.13. The normalized spacial score (nSPS) is 10.3. The van der Waals surface area contributed by atoms with Gasteiger partial charge in [-0.05, 0) is 35.9 Å². The third kappa shape index (κ3) is 3.69. The molecule has 0 saturated carbocycles. The van der Waals surface area contributed by atoms with Crippen LogP contribution in [0.5, 0.6) is 0 Å². The van der Waals surface area contributed by atoms with Gasteiger partial charge in [0, 0.05) is 22.2 Å². The van der Waals surface area contributed by atoms with Crippen molar-refractivity contribution in [1.29, 1.82) is 0 Å². The van der Waals surface area contributed by atoms with Crippen LogP contribution in [0.2, 0.25) is 10.0 Å². The summed E-state index contributed by atoms with van der Waals surface area (Å²) in [4.78, 5) is 11.9. The van der Waals surface area contributed by atoms with Crippen LogP contribution in [0.15, 0.2) is 42.5 Å². The van der Waals surface area contributed by atoms with Crippen LogP contribution >= 0.6 is 23.2 Å². The summed E-state index contributed by atoms with van der Waals surface area (Å²) in [6.07, 6.45) is 0. The molecule has 1 N–H and O–H groups in total. The van der Waals surface area contributed by atoms with Crippen molar-refractivity contribution >= 4 is 29.1 Å². The van der Waals surface area contributed by atoms with Crippen LogP contribution < -0.4 is 5.32 Å². The highest BCUT2D eigenvalue weighted by Gasteiger charge is 2.07. The fourth-order valence-electron chi connectivity index (χ4n) is 1.57. The number of halogens is 3. The van der Waals surface area contributed by atoms with E-state index in [0.717, 1.165) is 0 Å². The summed E-state index contributed by atoms with van der Waals surface area (Å²) < 4.78 is 12.9. The molecule has 0 saturated heterocycles. The summed E-state index contributed by atoms with van der Waals surface area (Å²) in [6, 6.07) is 10.7. The maximum atomic E-state index is 12.9. The first-order valence-corrected chi connectivity index (χ1v) is 6.29. The van der Waals surface area contributed by atoms with Crippen molar-refractivity contribution in [3.63, 3.8) is 0 Å². The van der Waals surface area contributed by atoms with Gasteiger partial charge in [0.25, 0.3) is 5.91 Å². The van der Waals surface area contributed by atoms with Crippen LogP contribution in [0, 0.1) is 5.82 Å². The molecule has 98 valence electrons. The average molecular weight is 298 g/mol. The fraction of sp³-hybridized carbons (Fsp3) is 0.0714. The molecule has 2 nitrogen and oxygen atoms in total. The highest BCUT2D eigenvalue weighted by molar-refractivity contribution is 6.31. The monoisotopic (exact) mass is 297 g/mol. The van der Waals surface area contributed by atoms with Crippen molar-refractivity contribution in [2.75, 3.05) is 0 Å². The van der Waals surface area contributed by atoms with E-state index in [-0.39, 0.29) is 17.5 Å². The fourth-order valence-corrected chi connectivity index (χ4v) is 2.00. The van der Waals surface area contributed by atoms with Crippen molar-refractivity contribution < 1.29 is 9.18 Å². The second-order valence-corrected chi connectivity index (χ2v) is 4.77. The van der Waals surface area contributed by atoms with Gasteiger partial charge in [0.05, 0.1) is 0 Å². The molecule has 0 spiro atoms. The Kier molecular flexibility index (Phi) is 4.40. The van der Waals surface area contributed by atoms with E-state index in [1.165, 1.54) is 18.2 Å². The quantitative estimate of drug-likeness (QED) is 0.909. The van der Waals surface area contributed by atoms with Crippen molar-refractivity contribution in [1.82, 2.24) is 5.32 Å². The lowest BCUT2D eigenvalue weighted by Gasteiger charge is -2.07. The SMILES string of the molecule is O=C(NCc1ccc(F)cc1Cl)c1cccc(Cl)c1. The Hall–Kier alpha value is -1.58. The van der Waals surface area contributed by atoms with E-state index in [4.69, 9.17) is 23.2 Å². The first-order valence-electron chi connectivity index (χ1n) is 5.54. The largest absolute Gasteiger partial charge is 0.348 e. The van der Waals surface area contributed by atoms with Gasteiger partial charge in [-0.2, -0.15) is 0 Å². The number of hydrogen-bond acceptors (Lipinski definition) is 1. The summed E-state index contributed by atoms with van der Waals surface area (Å²) in [6.45, 7) is 0.227. The van der Waals surface area contributed by atoms with E-state index in [2.05, 4.69) is 5.32 Å². The molecule has 0 heterocycles. The molecule has 19 heavy (non-hydrogen) atoms.